The third-order valence-corrected chi connectivity index (χ3v) is 5.56. The Bertz CT molecular complexity index is 293. The summed E-state index contributed by atoms with van der Waals surface area (Å²) in [4.78, 5) is 2.64. The molecule has 2 saturated heterocycles. The maximum absolute atomic E-state index is 5.66. The summed E-state index contributed by atoms with van der Waals surface area (Å²) >= 11 is 0. The van der Waals surface area contributed by atoms with Crippen LogP contribution in [0.1, 0.15) is 39.0 Å². The highest BCUT2D eigenvalue weighted by atomic mass is 16.5. The van der Waals surface area contributed by atoms with Crippen molar-refractivity contribution in [1.82, 2.24) is 15.5 Å². The molecule has 0 bridgehead atoms. The van der Waals surface area contributed by atoms with Gasteiger partial charge in [-0.2, -0.15) is 0 Å². The Balaban J connectivity index is 1.48. The number of hydrogen-bond acceptors (Lipinski definition) is 4. The zero-order valence-corrected chi connectivity index (χ0v) is 12.9. The van der Waals surface area contributed by atoms with Crippen molar-refractivity contribution in [3.8, 4) is 0 Å². The van der Waals surface area contributed by atoms with E-state index in [9.17, 15) is 0 Å². The molecule has 3 aliphatic rings. The molecule has 4 heteroatoms. The third kappa shape index (κ3) is 3.35. The number of nitrogens with one attached hydrogen (secondary N) is 2. The quantitative estimate of drug-likeness (QED) is 0.794. The van der Waals surface area contributed by atoms with Crippen LogP contribution in [0.15, 0.2) is 0 Å². The first-order valence-corrected chi connectivity index (χ1v) is 8.67. The van der Waals surface area contributed by atoms with E-state index in [1.54, 1.807) is 0 Å². The maximum atomic E-state index is 5.66. The molecule has 3 fully saturated rings. The lowest BCUT2D eigenvalue weighted by molar-refractivity contribution is 0.0521. The topological polar surface area (TPSA) is 36.5 Å². The fraction of sp³-hybridized carbons (Fsp3) is 1.00. The van der Waals surface area contributed by atoms with Crippen LogP contribution in [-0.2, 0) is 4.74 Å². The van der Waals surface area contributed by atoms with E-state index >= 15 is 0 Å². The van der Waals surface area contributed by atoms with Crippen LogP contribution in [0.25, 0.3) is 0 Å². The van der Waals surface area contributed by atoms with Gasteiger partial charge < -0.3 is 15.4 Å². The van der Waals surface area contributed by atoms with Crippen LogP contribution in [0, 0.1) is 5.92 Å². The molecule has 0 spiro atoms. The summed E-state index contributed by atoms with van der Waals surface area (Å²) in [5.41, 5.74) is 0. The van der Waals surface area contributed by atoms with Crippen molar-refractivity contribution in [1.29, 1.82) is 0 Å². The third-order valence-electron chi connectivity index (χ3n) is 5.56. The van der Waals surface area contributed by atoms with Gasteiger partial charge in [0, 0.05) is 31.2 Å². The monoisotopic (exact) mass is 281 g/mol. The normalized spacial score (nSPS) is 39.5. The van der Waals surface area contributed by atoms with Gasteiger partial charge in [0.25, 0.3) is 0 Å². The summed E-state index contributed by atoms with van der Waals surface area (Å²) in [6.07, 6.45) is 6.85. The Morgan fingerprint density at radius 1 is 1.25 bits per heavy atom. The van der Waals surface area contributed by atoms with Crippen LogP contribution in [-0.4, -0.2) is 62.4 Å². The highest BCUT2D eigenvalue weighted by Crippen LogP contribution is 2.29. The van der Waals surface area contributed by atoms with Crippen molar-refractivity contribution in [3.05, 3.63) is 0 Å². The molecule has 3 rings (SSSR count). The van der Waals surface area contributed by atoms with Crippen LogP contribution in [0.5, 0.6) is 0 Å². The van der Waals surface area contributed by atoms with Crippen molar-refractivity contribution < 1.29 is 4.74 Å². The molecular formula is C16H31N3O. The first kappa shape index (κ1) is 14.8. The maximum Gasteiger partial charge on any atom is 0.0623 e. The molecule has 2 heterocycles. The molecule has 1 aliphatic carbocycles. The van der Waals surface area contributed by atoms with E-state index in [1.807, 2.05) is 0 Å². The van der Waals surface area contributed by atoms with Gasteiger partial charge in [0.2, 0.25) is 0 Å². The van der Waals surface area contributed by atoms with Gasteiger partial charge in [-0.1, -0.05) is 13.3 Å². The predicted octanol–water partition coefficient (Wildman–Crippen LogP) is 1.22. The predicted molar refractivity (Wildman–Crippen MR) is 82.0 cm³/mol. The van der Waals surface area contributed by atoms with Crippen LogP contribution < -0.4 is 10.6 Å². The molecule has 0 amide bonds. The Morgan fingerprint density at radius 3 is 3.00 bits per heavy atom. The number of likely N-dealkylation sites (N-methyl/N-ethyl adjacent to an activating group) is 1. The Kier molecular flexibility index (Phi) is 5.32. The van der Waals surface area contributed by atoms with Gasteiger partial charge in [0.1, 0.15) is 0 Å². The molecule has 20 heavy (non-hydrogen) atoms. The molecule has 2 N–H and O–H groups in total. The summed E-state index contributed by atoms with van der Waals surface area (Å²) in [6, 6.07) is 2.06. The molecule has 0 aromatic carbocycles. The average molecular weight is 281 g/mol. The lowest BCUT2D eigenvalue weighted by Crippen LogP contribution is -2.52. The van der Waals surface area contributed by atoms with Gasteiger partial charge >= 0.3 is 0 Å². The van der Waals surface area contributed by atoms with Crippen LogP contribution in [0.3, 0.4) is 0 Å². The second-order valence-electron chi connectivity index (χ2n) is 6.67. The molecule has 4 nitrogen and oxygen atoms in total. The fourth-order valence-corrected chi connectivity index (χ4v) is 4.41. The standard InChI is InChI=1S/C16H31N3O/c1-2-19-9-4-5-13(19)11-18-15-7-3-6-14(15)16-12-20-10-8-17-16/h13-18H,2-12H2,1H3. The van der Waals surface area contributed by atoms with E-state index in [0.717, 1.165) is 31.7 Å². The second-order valence-corrected chi connectivity index (χ2v) is 6.67. The highest BCUT2D eigenvalue weighted by molar-refractivity contribution is 4.93. The van der Waals surface area contributed by atoms with Crippen molar-refractivity contribution >= 4 is 0 Å². The molecule has 0 aromatic rings. The Morgan fingerprint density at radius 2 is 2.20 bits per heavy atom. The van der Waals surface area contributed by atoms with E-state index in [1.165, 1.54) is 51.7 Å². The molecule has 2 aliphatic heterocycles. The van der Waals surface area contributed by atoms with E-state index < -0.39 is 0 Å². The summed E-state index contributed by atoms with van der Waals surface area (Å²) in [6.45, 7) is 8.80. The number of ether oxygens (including phenoxy) is 1. The minimum atomic E-state index is 0.578. The van der Waals surface area contributed by atoms with Crippen molar-refractivity contribution in [2.45, 2.75) is 57.2 Å². The molecule has 1 saturated carbocycles. The van der Waals surface area contributed by atoms with Gasteiger partial charge in [0.15, 0.2) is 0 Å². The average Bonchev–Trinajstić information content (AvgIpc) is 3.14. The number of hydrogen-bond donors (Lipinski definition) is 2. The first-order valence-electron chi connectivity index (χ1n) is 8.67. The molecule has 116 valence electrons. The van der Waals surface area contributed by atoms with Crippen LogP contribution in [0.2, 0.25) is 0 Å². The largest absolute Gasteiger partial charge is 0.379 e. The summed E-state index contributed by atoms with van der Waals surface area (Å²) in [7, 11) is 0. The molecular weight excluding hydrogens is 250 g/mol. The van der Waals surface area contributed by atoms with Gasteiger partial charge in [-0.15, -0.1) is 0 Å². The van der Waals surface area contributed by atoms with E-state index in [4.69, 9.17) is 4.74 Å². The molecule has 4 unspecified atom stereocenters. The van der Waals surface area contributed by atoms with Crippen molar-refractivity contribution in [2.75, 3.05) is 39.4 Å². The summed E-state index contributed by atoms with van der Waals surface area (Å²) in [5.74, 6) is 0.770. The van der Waals surface area contributed by atoms with E-state index in [0.29, 0.717) is 12.1 Å². The highest BCUT2D eigenvalue weighted by Gasteiger charge is 2.35. The van der Waals surface area contributed by atoms with Crippen molar-refractivity contribution in [3.63, 3.8) is 0 Å². The minimum absolute atomic E-state index is 0.578. The molecule has 0 aromatic heterocycles. The molecule has 0 radical (unpaired) electrons. The van der Waals surface area contributed by atoms with Gasteiger partial charge in [-0.3, -0.25) is 4.90 Å². The first-order chi connectivity index (χ1) is 9.88. The van der Waals surface area contributed by atoms with Crippen LogP contribution >= 0.6 is 0 Å². The lowest BCUT2D eigenvalue weighted by atomic mass is 9.94. The number of rotatable bonds is 5. The zero-order valence-electron chi connectivity index (χ0n) is 12.9. The van der Waals surface area contributed by atoms with E-state index in [2.05, 4.69) is 22.5 Å². The van der Waals surface area contributed by atoms with Gasteiger partial charge in [0.05, 0.1) is 13.2 Å². The lowest BCUT2D eigenvalue weighted by Gasteiger charge is -2.34. The summed E-state index contributed by atoms with van der Waals surface area (Å²) in [5, 5.41) is 7.56. The number of nitrogens with zero attached hydrogens (tertiary/aromatic N) is 1. The SMILES string of the molecule is CCN1CCCC1CNC1CCCC1C1COCCN1. The van der Waals surface area contributed by atoms with Gasteiger partial charge in [-0.05, 0) is 44.7 Å². The number of likely N-dealkylation sites (tertiary alicyclic amines) is 1. The van der Waals surface area contributed by atoms with Gasteiger partial charge in [-0.25, -0.2) is 0 Å². The fourth-order valence-electron chi connectivity index (χ4n) is 4.41. The second kappa shape index (κ2) is 7.21. The Labute approximate surface area is 123 Å². The smallest absolute Gasteiger partial charge is 0.0623 e. The minimum Gasteiger partial charge on any atom is -0.379 e. The summed E-state index contributed by atoms with van der Waals surface area (Å²) < 4.78 is 5.66. The Hall–Kier alpha value is -0.160. The number of morpholine rings is 1. The zero-order chi connectivity index (χ0) is 13.8. The van der Waals surface area contributed by atoms with Crippen molar-refractivity contribution in [2.24, 2.45) is 5.92 Å². The molecule has 4 atom stereocenters. The van der Waals surface area contributed by atoms with E-state index in [-0.39, 0.29) is 0 Å². The van der Waals surface area contributed by atoms with Crippen LogP contribution in [0.4, 0.5) is 0 Å².